The lowest BCUT2D eigenvalue weighted by molar-refractivity contribution is -0.141. The van der Waals surface area contributed by atoms with Crippen molar-refractivity contribution < 1.29 is 33.4 Å². The molecule has 9 nitrogen and oxygen atoms in total. The summed E-state index contributed by atoms with van der Waals surface area (Å²) in [7, 11) is 0. The fourth-order valence-electron chi connectivity index (χ4n) is 3.96. The van der Waals surface area contributed by atoms with Crippen molar-refractivity contribution >= 4 is 46.5 Å². The van der Waals surface area contributed by atoms with Crippen LogP contribution in [0.3, 0.4) is 0 Å². The van der Waals surface area contributed by atoms with Gasteiger partial charge in [0.05, 0.1) is 29.2 Å². The van der Waals surface area contributed by atoms with Crippen LogP contribution < -0.4 is 15.1 Å². The summed E-state index contributed by atoms with van der Waals surface area (Å²) in [6.45, 7) is 6.37. The number of rotatable bonds is 8. The van der Waals surface area contributed by atoms with Crippen molar-refractivity contribution in [1.29, 1.82) is 0 Å². The first kappa shape index (κ1) is 28.6. The standard InChI is InChI=1S/C24H24FN3O6.C4H10/c1-14(23(32)26-16(12-22(30)31)21(29)13-25)34-24(33)28-19-8-4-2-6-17(19)27(15-10-11-15)18-7-3-5-9-20(18)28;1-4(2)3/h2-9,14-16H,10-13H2,1H3,(H,26,32)(H,30,31);4H,1-3H3. The van der Waals surface area contributed by atoms with Gasteiger partial charge in [0, 0.05) is 6.04 Å². The van der Waals surface area contributed by atoms with Gasteiger partial charge in [-0.15, -0.1) is 0 Å². The lowest BCUT2D eigenvalue weighted by Gasteiger charge is -2.39. The van der Waals surface area contributed by atoms with Gasteiger partial charge in [-0.05, 0) is 49.9 Å². The normalized spacial score (nSPS) is 15.3. The van der Waals surface area contributed by atoms with Gasteiger partial charge in [-0.1, -0.05) is 45.0 Å². The number of aliphatic carboxylic acids is 1. The summed E-state index contributed by atoms with van der Waals surface area (Å²) in [5.41, 5.74) is 2.88. The molecule has 0 bridgehead atoms. The SMILES string of the molecule is CC(C)C.CC(OC(=O)N1c2ccccc2N(C2CC2)c2ccccc21)C(=O)NC(CC(=O)O)C(=O)CF. The number of carboxylic acid groups (broad SMARTS) is 1. The molecule has 1 fully saturated rings. The Morgan fingerprint density at radius 2 is 1.42 bits per heavy atom. The molecule has 2 amide bonds. The van der Waals surface area contributed by atoms with E-state index in [1.807, 2.05) is 24.3 Å². The molecule has 2 aliphatic rings. The van der Waals surface area contributed by atoms with Gasteiger partial charge in [-0.25, -0.2) is 14.1 Å². The average Bonchev–Trinajstić information content (AvgIpc) is 3.70. The lowest BCUT2D eigenvalue weighted by atomic mass is 10.1. The molecule has 2 N–H and O–H groups in total. The zero-order chi connectivity index (χ0) is 28.0. The number of ether oxygens (including phenoxy) is 1. The number of fused-ring (bicyclic) bond motifs is 2. The summed E-state index contributed by atoms with van der Waals surface area (Å²) in [6.07, 6.45) is -0.876. The molecule has 204 valence electrons. The largest absolute Gasteiger partial charge is 0.481 e. The van der Waals surface area contributed by atoms with Crippen LogP contribution in [0.5, 0.6) is 0 Å². The number of benzene rings is 2. The number of Topliss-reactive ketones (excluding diaryl/α,β-unsaturated/α-hetero) is 1. The molecular weight excluding hydrogens is 493 g/mol. The van der Waals surface area contributed by atoms with E-state index in [0.717, 1.165) is 30.1 Å². The minimum Gasteiger partial charge on any atom is -0.481 e. The maximum atomic E-state index is 13.3. The highest BCUT2D eigenvalue weighted by molar-refractivity contribution is 6.08. The second-order valence-corrected chi connectivity index (χ2v) is 9.93. The van der Waals surface area contributed by atoms with Crippen LogP contribution in [0.25, 0.3) is 0 Å². The minimum atomic E-state index is -1.56. The quantitative estimate of drug-likeness (QED) is 0.489. The first-order valence-electron chi connectivity index (χ1n) is 12.6. The van der Waals surface area contributed by atoms with Crippen LogP contribution >= 0.6 is 0 Å². The van der Waals surface area contributed by atoms with E-state index in [-0.39, 0.29) is 0 Å². The summed E-state index contributed by atoms with van der Waals surface area (Å²) >= 11 is 0. The highest BCUT2D eigenvalue weighted by atomic mass is 19.1. The average molecular weight is 528 g/mol. The number of ketones is 1. The van der Waals surface area contributed by atoms with Gasteiger partial charge in [0.15, 0.2) is 11.9 Å². The summed E-state index contributed by atoms with van der Waals surface area (Å²) < 4.78 is 18.2. The van der Waals surface area contributed by atoms with Crippen LogP contribution in [0.15, 0.2) is 48.5 Å². The highest BCUT2D eigenvalue weighted by Crippen LogP contribution is 2.52. The van der Waals surface area contributed by atoms with Gasteiger partial charge in [0.2, 0.25) is 0 Å². The van der Waals surface area contributed by atoms with Crippen LogP contribution in [0.4, 0.5) is 31.9 Å². The Labute approximate surface area is 221 Å². The zero-order valence-corrected chi connectivity index (χ0v) is 22.0. The van der Waals surface area contributed by atoms with E-state index < -0.39 is 49.0 Å². The lowest BCUT2D eigenvalue weighted by Crippen LogP contribution is -2.48. The van der Waals surface area contributed by atoms with E-state index in [2.05, 4.69) is 31.0 Å². The number of hydrogen-bond acceptors (Lipinski definition) is 6. The van der Waals surface area contributed by atoms with E-state index in [1.165, 1.54) is 11.8 Å². The fourth-order valence-corrected chi connectivity index (χ4v) is 3.96. The van der Waals surface area contributed by atoms with Crippen LogP contribution in [0, 0.1) is 5.92 Å². The Morgan fingerprint density at radius 1 is 0.947 bits per heavy atom. The second-order valence-electron chi connectivity index (χ2n) is 9.93. The molecule has 2 atom stereocenters. The maximum absolute atomic E-state index is 13.3. The van der Waals surface area contributed by atoms with Gasteiger partial charge >= 0.3 is 12.1 Å². The number of hydrogen-bond donors (Lipinski definition) is 2. The molecule has 1 heterocycles. The summed E-state index contributed by atoms with van der Waals surface area (Å²) in [5.74, 6) is -2.52. The molecule has 2 aromatic rings. The number of alkyl halides is 1. The topological polar surface area (TPSA) is 116 Å². The van der Waals surface area contributed by atoms with Crippen molar-refractivity contribution in [3.05, 3.63) is 48.5 Å². The predicted octanol–water partition coefficient (Wildman–Crippen LogP) is 5.12. The Bertz CT molecular complexity index is 1130. The molecular formula is C28H34FN3O6. The second kappa shape index (κ2) is 12.5. The van der Waals surface area contributed by atoms with Crippen LogP contribution in [0.2, 0.25) is 0 Å². The van der Waals surface area contributed by atoms with Gasteiger partial charge in [-0.2, -0.15) is 0 Å². The van der Waals surface area contributed by atoms with Crippen LogP contribution in [0.1, 0.15) is 47.0 Å². The molecule has 0 spiro atoms. The Kier molecular flexibility index (Phi) is 9.44. The monoisotopic (exact) mass is 527 g/mol. The van der Waals surface area contributed by atoms with E-state index in [9.17, 15) is 23.6 Å². The number of carbonyl (C=O) groups excluding carboxylic acids is 3. The number of nitrogens with one attached hydrogen (secondary N) is 1. The molecule has 4 rings (SSSR count). The van der Waals surface area contributed by atoms with Crippen molar-refractivity contribution in [3.63, 3.8) is 0 Å². The number of halogens is 1. The Balaban J connectivity index is 0.000000934. The van der Waals surface area contributed by atoms with Gasteiger partial charge < -0.3 is 20.1 Å². The van der Waals surface area contributed by atoms with Gasteiger partial charge in [-0.3, -0.25) is 14.4 Å². The van der Waals surface area contributed by atoms with Gasteiger partial charge in [0.1, 0.15) is 12.7 Å². The molecule has 1 aliphatic heterocycles. The molecule has 1 aliphatic carbocycles. The van der Waals surface area contributed by atoms with E-state index in [4.69, 9.17) is 9.84 Å². The number of para-hydroxylation sites is 4. The number of carbonyl (C=O) groups is 4. The molecule has 1 saturated carbocycles. The number of nitrogens with zero attached hydrogens (tertiary/aromatic N) is 2. The van der Waals surface area contributed by atoms with E-state index in [1.54, 1.807) is 24.3 Å². The number of anilines is 4. The smallest absolute Gasteiger partial charge is 0.419 e. The first-order valence-corrected chi connectivity index (χ1v) is 12.6. The number of amides is 2. The van der Waals surface area contributed by atoms with Crippen molar-refractivity contribution in [2.24, 2.45) is 5.92 Å². The third-order valence-electron chi connectivity index (χ3n) is 5.72. The maximum Gasteiger partial charge on any atom is 0.419 e. The third kappa shape index (κ3) is 6.87. The number of carboxylic acids is 1. The molecule has 2 unspecified atom stereocenters. The predicted molar refractivity (Wildman–Crippen MR) is 142 cm³/mol. The molecule has 38 heavy (non-hydrogen) atoms. The molecule has 0 saturated heterocycles. The van der Waals surface area contributed by atoms with Gasteiger partial charge in [0.25, 0.3) is 5.91 Å². The summed E-state index contributed by atoms with van der Waals surface area (Å²) in [4.78, 5) is 52.0. The molecule has 0 radical (unpaired) electrons. The third-order valence-corrected chi connectivity index (χ3v) is 5.72. The van der Waals surface area contributed by atoms with Crippen molar-refractivity contribution in [3.8, 4) is 0 Å². The summed E-state index contributed by atoms with van der Waals surface area (Å²) in [5, 5.41) is 11.1. The highest BCUT2D eigenvalue weighted by Gasteiger charge is 2.40. The van der Waals surface area contributed by atoms with Crippen LogP contribution in [-0.4, -0.2) is 53.7 Å². The molecule has 10 heteroatoms. The fraction of sp³-hybridized carbons (Fsp3) is 0.429. The minimum absolute atomic E-state index is 0.337. The summed E-state index contributed by atoms with van der Waals surface area (Å²) in [6, 6.07) is 13.5. The van der Waals surface area contributed by atoms with Crippen molar-refractivity contribution in [2.75, 3.05) is 16.5 Å². The van der Waals surface area contributed by atoms with Crippen LogP contribution in [-0.2, 0) is 19.1 Å². The van der Waals surface area contributed by atoms with Crippen molar-refractivity contribution in [2.45, 2.75) is 65.1 Å². The van der Waals surface area contributed by atoms with E-state index in [0.29, 0.717) is 17.4 Å². The Morgan fingerprint density at radius 3 is 1.84 bits per heavy atom. The molecule has 0 aromatic heterocycles. The zero-order valence-electron chi connectivity index (χ0n) is 22.0. The van der Waals surface area contributed by atoms with E-state index >= 15 is 0 Å². The first-order chi connectivity index (χ1) is 18.0. The Hall–Kier alpha value is -3.95. The van der Waals surface area contributed by atoms with Crippen molar-refractivity contribution in [1.82, 2.24) is 5.32 Å². The molecule has 2 aromatic carbocycles.